The average Bonchev–Trinajstić information content (AvgIpc) is 3.03. The second kappa shape index (κ2) is 5.82. The molecular weight excluding hydrogens is 218 g/mol. The molecule has 0 bridgehead atoms. The van der Waals surface area contributed by atoms with Gasteiger partial charge < -0.3 is 14.6 Å². The highest BCUT2D eigenvalue weighted by Gasteiger charge is 2.31. The summed E-state index contributed by atoms with van der Waals surface area (Å²) in [4.78, 5) is 17.7. The molecule has 17 heavy (non-hydrogen) atoms. The first-order chi connectivity index (χ1) is 8.31. The largest absolute Gasteiger partial charge is 0.395 e. The summed E-state index contributed by atoms with van der Waals surface area (Å²) < 4.78 is 1.97. The van der Waals surface area contributed by atoms with E-state index >= 15 is 0 Å². The van der Waals surface area contributed by atoms with Crippen molar-refractivity contribution in [1.29, 1.82) is 0 Å². The molecule has 1 aliphatic rings. The van der Waals surface area contributed by atoms with E-state index < -0.39 is 0 Å². The number of carbonyl (C=O) groups is 1. The highest BCUT2D eigenvalue weighted by molar-refractivity contribution is 5.76. The van der Waals surface area contributed by atoms with Crippen molar-refractivity contribution in [3.8, 4) is 0 Å². The Morgan fingerprint density at radius 3 is 2.94 bits per heavy atom. The maximum Gasteiger partial charge on any atom is 0.222 e. The van der Waals surface area contributed by atoms with E-state index in [0.717, 1.165) is 25.8 Å². The van der Waals surface area contributed by atoms with Crippen LogP contribution in [0.25, 0.3) is 0 Å². The number of amides is 1. The highest BCUT2D eigenvalue weighted by atomic mass is 16.3. The first kappa shape index (κ1) is 12.1. The number of hydrogen-bond acceptors (Lipinski definition) is 3. The molecule has 1 fully saturated rings. The first-order valence-corrected chi connectivity index (χ1v) is 6.17. The molecule has 1 aromatic heterocycles. The summed E-state index contributed by atoms with van der Waals surface area (Å²) in [5.41, 5.74) is 0. The molecule has 0 aromatic carbocycles. The summed E-state index contributed by atoms with van der Waals surface area (Å²) in [5, 5.41) is 8.93. The van der Waals surface area contributed by atoms with Gasteiger partial charge in [-0.2, -0.15) is 0 Å². The zero-order chi connectivity index (χ0) is 12.1. The predicted octanol–water partition coefficient (Wildman–Crippen LogP) is 0.647. The molecule has 1 aromatic rings. The lowest BCUT2D eigenvalue weighted by Gasteiger charge is -2.21. The van der Waals surface area contributed by atoms with Crippen molar-refractivity contribution < 1.29 is 9.90 Å². The molecule has 2 rings (SSSR count). The molecule has 1 heterocycles. The minimum absolute atomic E-state index is 0.0593. The van der Waals surface area contributed by atoms with Gasteiger partial charge in [-0.05, 0) is 19.3 Å². The number of aliphatic hydroxyl groups is 1. The maximum atomic E-state index is 11.9. The number of hydrogen-bond donors (Lipinski definition) is 1. The van der Waals surface area contributed by atoms with Gasteiger partial charge in [-0.15, -0.1) is 0 Å². The molecule has 1 aliphatic carbocycles. The zero-order valence-electron chi connectivity index (χ0n) is 9.96. The topological polar surface area (TPSA) is 58.4 Å². The smallest absolute Gasteiger partial charge is 0.222 e. The lowest BCUT2D eigenvalue weighted by Crippen LogP contribution is -2.35. The fourth-order valence-electron chi connectivity index (χ4n) is 1.98. The van der Waals surface area contributed by atoms with Gasteiger partial charge in [0, 0.05) is 37.9 Å². The van der Waals surface area contributed by atoms with Gasteiger partial charge in [-0.3, -0.25) is 4.79 Å². The van der Waals surface area contributed by atoms with Crippen molar-refractivity contribution in [3.05, 3.63) is 18.7 Å². The van der Waals surface area contributed by atoms with E-state index in [1.807, 2.05) is 15.7 Å². The molecular formula is C12H19N3O2. The van der Waals surface area contributed by atoms with Crippen molar-refractivity contribution in [1.82, 2.24) is 14.5 Å². The van der Waals surface area contributed by atoms with Crippen LogP contribution >= 0.6 is 0 Å². The normalized spacial score (nSPS) is 14.9. The van der Waals surface area contributed by atoms with Gasteiger partial charge in [-0.25, -0.2) is 4.98 Å². The van der Waals surface area contributed by atoms with E-state index in [2.05, 4.69) is 4.98 Å². The Kier molecular flexibility index (Phi) is 4.14. The molecule has 0 saturated heterocycles. The standard InChI is InChI=1S/C12H19N3O2/c16-9-8-15(11-3-4-11)12(17)2-1-6-14-7-5-13-10-14/h5,7,10-11,16H,1-4,6,8-9H2. The Morgan fingerprint density at radius 1 is 1.53 bits per heavy atom. The maximum absolute atomic E-state index is 11.9. The summed E-state index contributed by atoms with van der Waals surface area (Å²) in [6.45, 7) is 1.36. The molecule has 0 unspecified atom stereocenters. The molecule has 0 spiro atoms. The Labute approximate surface area is 101 Å². The third-order valence-corrected chi connectivity index (χ3v) is 3.02. The summed E-state index contributed by atoms with van der Waals surface area (Å²) in [5.74, 6) is 0.168. The van der Waals surface area contributed by atoms with Crippen LogP contribution in [0.4, 0.5) is 0 Å². The number of aryl methyl sites for hydroxylation is 1. The molecule has 1 saturated carbocycles. The molecule has 5 heteroatoms. The van der Waals surface area contributed by atoms with Crippen molar-refractivity contribution in [2.45, 2.75) is 38.3 Å². The van der Waals surface area contributed by atoms with Crippen LogP contribution in [0.2, 0.25) is 0 Å². The van der Waals surface area contributed by atoms with Crippen molar-refractivity contribution in [3.63, 3.8) is 0 Å². The molecule has 0 aliphatic heterocycles. The molecule has 0 radical (unpaired) electrons. The van der Waals surface area contributed by atoms with Crippen molar-refractivity contribution in [2.75, 3.05) is 13.2 Å². The molecule has 1 N–H and O–H groups in total. The van der Waals surface area contributed by atoms with Crippen LogP contribution in [0.3, 0.4) is 0 Å². The Hall–Kier alpha value is -1.36. The zero-order valence-corrected chi connectivity index (χ0v) is 9.96. The molecule has 94 valence electrons. The highest BCUT2D eigenvalue weighted by Crippen LogP contribution is 2.27. The lowest BCUT2D eigenvalue weighted by atomic mass is 10.2. The third kappa shape index (κ3) is 3.56. The number of rotatable bonds is 7. The van der Waals surface area contributed by atoms with Gasteiger partial charge in [0.1, 0.15) is 0 Å². The van der Waals surface area contributed by atoms with Crippen LogP contribution in [-0.4, -0.2) is 44.7 Å². The monoisotopic (exact) mass is 237 g/mol. The van der Waals surface area contributed by atoms with Crippen LogP contribution in [0.15, 0.2) is 18.7 Å². The van der Waals surface area contributed by atoms with E-state index in [1.165, 1.54) is 0 Å². The molecule has 1 amide bonds. The number of aliphatic hydroxyl groups excluding tert-OH is 1. The quantitative estimate of drug-likeness (QED) is 0.757. The minimum Gasteiger partial charge on any atom is -0.395 e. The van der Waals surface area contributed by atoms with Gasteiger partial charge >= 0.3 is 0 Å². The van der Waals surface area contributed by atoms with E-state index in [9.17, 15) is 4.79 Å². The van der Waals surface area contributed by atoms with Gasteiger partial charge in [0.25, 0.3) is 0 Å². The molecule has 0 atom stereocenters. The minimum atomic E-state index is 0.0593. The summed E-state index contributed by atoms with van der Waals surface area (Å²) in [6.07, 6.45) is 8.96. The summed E-state index contributed by atoms with van der Waals surface area (Å²) >= 11 is 0. The van der Waals surface area contributed by atoms with Crippen molar-refractivity contribution >= 4 is 5.91 Å². The van der Waals surface area contributed by atoms with Gasteiger partial charge in [0.05, 0.1) is 12.9 Å². The number of aromatic nitrogens is 2. The first-order valence-electron chi connectivity index (χ1n) is 6.17. The van der Waals surface area contributed by atoms with Gasteiger partial charge in [0.15, 0.2) is 0 Å². The van der Waals surface area contributed by atoms with Crippen LogP contribution in [0.1, 0.15) is 25.7 Å². The Morgan fingerprint density at radius 2 is 2.35 bits per heavy atom. The number of nitrogens with zero attached hydrogens (tertiary/aromatic N) is 3. The fourth-order valence-corrected chi connectivity index (χ4v) is 1.98. The average molecular weight is 237 g/mol. The Balaban J connectivity index is 1.71. The lowest BCUT2D eigenvalue weighted by molar-refractivity contribution is -0.132. The summed E-state index contributed by atoms with van der Waals surface area (Å²) in [7, 11) is 0. The van der Waals surface area contributed by atoms with E-state index in [4.69, 9.17) is 5.11 Å². The van der Waals surface area contributed by atoms with Crippen LogP contribution in [0.5, 0.6) is 0 Å². The summed E-state index contributed by atoms with van der Waals surface area (Å²) in [6, 6.07) is 0.392. The Bertz CT molecular complexity index is 347. The van der Waals surface area contributed by atoms with Crippen LogP contribution in [-0.2, 0) is 11.3 Å². The van der Waals surface area contributed by atoms with Crippen LogP contribution < -0.4 is 0 Å². The molecule has 5 nitrogen and oxygen atoms in total. The second-order valence-electron chi connectivity index (χ2n) is 4.45. The SMILES string of the molecule is O=C(CCCn1ccnc1)N(CCO)C1CC1. The number of carbonyl (C=O) groups excluding carboxylic acids is 1. The van der Waals surface area contributed by atoms with E-state index in [1.54, 1.807) is 12.5 Å². The number of imidazole rings is 1. The third-order valence-electron chi connectivity index (χ3n) is 3.02. The van der Waals surface area contributed by atoms with Gasteiger partial charge in [0.2, 0.25) is 5.91 Å². The van der Waals surface area contributed by atoms with Crippen LogP contribution in [0, 0.1) is 0 Å². The van der Waals surface area contributed by atoms with E-state index in [-0.39, 0.29) is 12.5 Å². The fraction of sp³-hybridized carbons (Fsp3) is 0.667. The predicted molar refractivity (Wildman–Crippen MR) is 63.3 cm³/mol. The second-order valence-corrected chi connectivity index (χ2v) is 4.45. The van der Waals surface area contributed by atoms with Gasteiger partial charge in [-0.1, -0.05) is 0 Å². The van der Waals surface area contributed by atoms with Crippen molar-refractivity contribution in [2.24, 2.45) is 0 Å². The van der Waals surface area contributed by atoms with E-state index in [0.29, 0.717) is 19.0 Å².